The predicted octanol–water partition coefficient (Wildman–Crippen LogP) is 2.02. The second-order valence-electron chi connectivity index (χ2n) is 5.95. The first-order chi connectivity index (χ1) is 10.1. The minimum absolute atomic E-state index is 0.0294. The molecule has 6 nitrogen and oxygen atoms in total. The van der Waals surface area contributed by atoms with Gasteiger partial charge in [-0.2, -0.15) is 0 Å². The van der Waals surface area contributed by atoms with Gasteiger partial charge >= 0.3 is 5.97 Å². The highest BCUT2D eigenvalue weighted by Crippen LogP contribution is 2.32. The average molecular weight is 292 g/mol. The molecule has 1 heterocycles. The van der Waals surface area contributed by atoms with Crippen LogP contribution in [-0.4, -0.2) is 39.1 Å². The van der Waals surface area contributed by atoms with Crippen LogP contribution in [0.3, 0.4) is 0 Å². The topological polar surface area (TPSA) is 83.6 Å². The lowest BCUT2D eigenvalue weighted by Gasteiger charge is -2.25. The normalized spacial score (nSPS) is 19.5. The van der Waals surface area contributed by atoms with Crippen LogP contribution in [0.25, 0.3) is 0 Å². The summed E-state index contributed by atoms with van der Waals surface area (Å²) >= 11 is 0. The summed E-state index contributed by atoms with van der Waals surface area (Å²) < 4.78 is 5.33. The first-order valence-electron chi connectivity index (χ1n) is 7.62. The van der Waals surface area contributed by atoms with E-state index in [2.05, 4.69) is 5.16 Å². The van der Waals surface area contributed by atoms with E-state index >= 15 is 0 Å². The highest BCUT2D eigenvalue weighted by molar-refractivity contribution is 5.96. The molecular weight excluding hydrogens is 272 g/mol. The smallest absolute Gasteiger partial charge is 0.326 e. The van der Waals surface area contributed by atoms with Gasteiger partial charge in [-0.1, -0.05) is 11.6 Å². The molecule has 1 amide bonds. The standard InChI is InChI=1S/C15H20N2O4/c1-9(15(19)20)17(10-7-8-10)14(18)13-11-5-3-2-4-6-12(11)21-16-13/h9-10H,2-8H2,1H3,(H,19,20). The zero-order valence-electron chi connectivity index (χ0n) is 12.2. The van der Waals surface area contributed by atoms with E-state index in [1.54, 1.807) is 6.92 Å². The number of carboxylic acid groups (broad SMARTS) is 1. The van der Waals surface area contributed by atoms with Gasteiger partial charge in [0.2, 0.25) is 0 Å². The Morgan fingerprint density at radius 1 is 1.29 bits per heavy atom. The highest BCUT2D eigenvalue weighted by atomic mass is 16.5. The minimum Gasteiger partial charge on any atom is -0.480 e. The van der Waals surface area contributed by atoms with Crippen molar-refractivity contribution < 1.29 is 19.2 Å². The van der Waals surface area contributed by atoms with E-state index in [-0.39, 0.29) is 11.9 Å². The van der Waals surface area contributed by atoms with Crippen LogP contribution in [0.2, 0.25) is 0 Å². The van der Waals surface area contributed by atoms with E-state index in [1.807, 2.05) is 0 Å². The molecular formula is C15H20N2O4. The van der Waals surface area contributed by atoms with E-state index in [4.69, 9.17) is 4.52 Å². The molecule has 1 atom stereocenters. The number of carbonyl (C=O) groups excluding carboxylic acids is 1. The van der Waals surface area contributed by atoms with Gasteiger partial charge in [0.05, 0.1) is 0 Å². The maximum Gasteiger partial charge on any atom is 0.326 e. The number of aliphatic carboxylic acids is 1. The Bertz CT molecular complexity index is 562. The van der Waals surface area contributed by atoms with Crippen molar-refractivity contribution >= 4 is 11.9 Å². The summed E-state index contributed by atoms with van der Waals surface area (Å²) in [5, 5.41) is 13.2. The monoisotopic (exact) mass is 292 g/mol. The van der Waals surface area contributed by atoms with Gasteiger partial charge in [0.25, 0.3) is 5.91 Å². The lowest BCUT2D eigenvalue weighted by molar-refractivity contribution is -0.141. The van der Waals surface area contributed by atoms with Gasteiger partial charge < -0.3 is 14.5 Å². The molecule has 0 bridgehead atoms. The summed E-state index contributed by atoms with van der Waals surface area (Å²) in [7, 11) is 0. The van der Waals surface area contributed by atoms with E-state index < -0.39 is 12.0 Å². The Hall–Kier alpha value is -1.85. The molecule has 2 aliphatic rings. The van der Waals surface area contributed by atoms with Crippen molar-refractivity contribution in [2.45, 2.75) is 64.0 Å². The van der Waals surface area contributed by atoms with Crippen molar-refractivity contribution in [3.63, 3.8) is 0 Å². The summed E-state index contributed by atoms with van der Waals surface area (Å²) in [5.41, 5.74) is 1.22. The Labute approximate surface area is 123 Å². The molecule has 2 aliphatic carbocycles. The molecule has 1 saturated carbocycles. The summed E-state index contributed by atoms with van der Waals surface area (Å²) in [6, 6.07) is -0.801. The molecule has 0 aromatic carbocycles. The molecule has 1 aromatic heterocycles. The number of carbonyl (C=O) groups is 2. The first-order valence-corrected chi connectivity index (χ1v) is 7.62. The summed E-state index contributed by atoms with van der Waals surface area (Å²) in [6.07, 6.45) is 6.52. The number of hydrogen-bond acceptors (Lipinski definition) is 4. The van der Waals surface area contributed by atoms with Gasteiger partial charge in [-0.15, -0.1) is 0 Å². The molecule has 0 saturated heterocycles. The summed E-state index contributed by atoms with van der Waals surface area (Å²) in [6.45, 7) is 1.55. The van der Waals surface area contributed by atoms with Crippen LogP contribution in [0.5, 0.6) is 0 Å². The lowest BCUT2D eigenvalue weighted by atomic mass is 10.1. The van der Waals surface area contributed by atoms with E-state index in [0.717, 1.165) is 56.3 Å². The molecule has 114 valence electrons. The van der Waals surface area contributed by atoms with Gasteiger partial charge in [-0.3, -0.25) is 4.79 Å². The summed E-state index contributed by atoms with van der Waals surface area (Å²) in [4.78, 5) is 25.5. The van der Waals surface area contributed by atoms with Crippen LogP contribution in [0.1, 0.15) is 60.8 Å². The zero-order valence-corrected chi connectivity index (χ0v) is 12.2. The van der Waals surface area contributed by atoms with Crippen LogP contribution in [-0.2, 0) is 17.6 Å². The second kappa shape index (κ2) is 5.50. The molecule has 1 N–H and O–H groups in total. The fraction of sp³-hybridized carbons (Fsp3) is 0.667. The van der Waals surface area contributed by atoms with Gasteiger partial charge in [0.15, 0.2) is 5.69 Å². The molecule has 0 spiro atoms. The van der Waals surface area contributed by atoms with Crippen LogP contribution >= 0.6 is 0 Å². The van der Waals surface area contributed by atoms with Gasteiger partial charge in [-0.25, -0.2) is 4.79 Å². The third kappa shape index (κ3) is 2.66. The van der Waals surface area contributed by atoms with Gasteiger partial charge in [-0.05, 0) is 39.0 Å². The number of amides is 1. The van der Waals surface area contributed by atoms with Crippen LogP contribution < -0.4 is 0 Å². The molecule has 6 heteroatoms. The SMILES string of the molecule is CC(C(=O)O)N(C(=O)c1noc2c1CCCCC2)C1CC1. The Kier molecular flexibility index (Phi) is 3.69. The molecule has 3 rings (SSSR count). The van der Waals surface area contributed by atoms with Gasteiger partial charge in [0, 0.05) is 18.0 Å². The van der Waals surface area contributed by atoms with Crippen molar-refractivity contribution in [1.82, 2.24) is 10.1 Å². The maximum atomic E-state index is 12.8. The second-order valence-corrected chi connectivity index (χ2v) is 5.95. The van der Waals surface area contributed by atoms with Crippen molar-refractivity contribution in [3.05, 3.63) is 17.0 Å². The lowest BCUT2D eigenvalue weighted by Crippen LogP contribution is -2.45. The Morgan fingerprint density at radius 2 is 2.00 bits per heavy atom. The number of aromatic nitrogens is 1. The van der Waals surface area contributed by atoms with Crippen LogP contribution in [0, 0.1) is 0 Å². The van der Waals surface area contributed by atoms with E-state index in [0.29, 0.717) is 5.69 Å². The van der Waals surface area contributed by atoms with Gasteiger partial charge in [0.1, 0.15) is 11.8 Å². The molecule has 1 aromatic rings. The fourth-order valence-corrected chi connectivity index (χ4v) is 2.98. The Morgan fingerprint density at radius 3 is 2.67 bits per heavy atom. The minimum atomic E-state index is -0.982. The predicted molar refractivity (Wildman–Crippen MR) is 74.1 cm³/mol. The zero-order chi connectivity index (χ0) is 15.0. The van der Waals surface area contributed by atoms with Crippen molar-refractivity contribution in [1.29, 1.82) is 0 Å². The van der Waals surface area contributed by atoms with Crippen LogP contribution in [0.4, 0.5) is 0 Å². The first kappa shape index (κ1) is 14.1. The van der Waals surface area contributed by atoms with E-state index in [9.17, 15) is 14.7 Å². The highest BCUT2D eigenvalue weighted by Gasteiger charge is 2.40. The number of rotatable bonds is 4. The number of aryl methyl sites for hydroxylation is 1. The largest absolute Gasteiger partial charge is 0.480 e. The number of nitrogens with zero attached hydrogens (tertiary/aromatic N) is 2. The summed E-state index contributed by atoms with van der Waals surface area (Å²) in [5.74, 6) is -0.473. The van der Waals surface area contributed by atoms with E-state index in [1.165, 1.54) is 4.90 Å². The number of fused-ring (bicyclic) bond motifs is 1. The molecule has 1 fully saturated rings. The number of hydrogen-bond donors (Lipinski definition) is 1. The third-order valence-corrected chi connectivity index (χ3v) is 4.35. The maximum absolute atomic E-state index is 12.8. The number of carboxylic acids is 1. The van der Waals surface area contributed by atoms with Crippen molar-refractivity contribution in [3.8, 4) is 0 Å². The molecule has 1 unspecified atom stereocenters. The third-order valence-electron chi connectivity index (χ3n) is 4.35. The molecule has 21 heavy (non-hydrogen) atoms. The molecule has 0 radical (unpaired) electrons. The molecule has 0 aliphatic heterocycles. The van der Waals surface area contributed by atoms with Crippen molar-refractivity contribution in [2.75, 3.05) is 0 Å². The quantitative estimate of drug-likeness (QED) is 0.858. The average Bonchev–Trinajstić information content (AvgIpc) is 3.24. The Balaban J connectivity index is 1.90. The van der Waals surface area contributed by atoms with Crippen LogP contribution in [0.15, 0.2) is 4.52 Å². The van der Waals surface area contributed by atoms with Crippen molar-refractivity contribution in [2.24, 2.45) is 0 Å². The fourth-order valence-electron chi connectivity index (χ4n) is 2.98.